The van der Waals surface area contributed by atoms with Crippen molar-refractivity contribution in [3.8, 4) is 0 Å². The first kappa shape index (κ1) is 15.1. The summed E-state index contributed by atoms with van der Waals surface area (Å²) in [4.78, 5) is 19.3. The van der Waals surface area contributed by atoms with E-state index >= 15 is 0 Å². The van der Waals surface area contributed by atoms with Crippen molar-refractivity contribution in [3.05, 3.63) is 29.6 Å². The van der Waals surface area contributed by atoms with Crippen LogP contribution in [0.3, 0.4) is 0 Å². The van der Waals surface area contributed by atoms with Gasteiger partial charge >= 0.3 is 0 Å². The number of carbonyl (C=O) groups is 1. The van der Waals surface area contributed by atoms with Crippen LogP contribution in [0.25, 0.3) is 0 Å². The lowest BCUT2D eigenvalue weighted by atomic mass is 9.92. The molecule has 2 rings (SSSR count). The number of rotatable bonds is 5. The van der Waals surface area contributed by atoms with Crippen molar-refractivity contribution in [1.82, 2.24) is 15.2 Å². The van der Waals surface area contributed by atoms with Gasteiger partial charge in [0.2, 0.25) is 0 Å². The average molecular weight is 275 g/mol. The largest absolute Gasteiger partial charge is 0.314 e. The summed E-state index contributed by atoms with van der Waals surface area (Å²) < 4.78 is 0. The van der Waals surface area contributed by atoms with E-state index in [1.54, 1.807) is 0 Å². The van der Waals surface area contributed by atoms with Crippen molar-refractivity contribution in [2.24, 2.45) is 0 Å². The van der Waals surface area contributed by atoms with Crippen molar-refractivity contribution in [2.45, 2.75) is 39.2 Å². The van der Waals surface area contributed by atoms with E-state index in [1.165, 1.54) is 5.56 Å². The van der Waals surface area contributed by atoms with E-state index in [0.29, 0.717) is 6.42 Å². The maximum absolute atomic E-state index is 12.6. The summed E-state index contributed by atoms with van der Waals surface area (Å²) in [5.74, 6) is 0.246. The van der Waals surface area contributed by atoms with Crippen molar-refractivity contribution in [3.63, 3.8) is 0 Å². The molecule has 0 atom stereocenters. The Hall–Kier alpha value is -1.26. The molecule has 20 heavy (non-hydrogen) atoms. The monoisotopic (exact) mass is 275 g/mol. The second kappa shape index (κ2) is 6.46. The van der Waals surface area contributed by atoms with Gasteiger partial charge in [-0.2, -0.15) is 0 Å². The maximum atomic E-state index is 12.6. The van der Waals surface area contributed by atoms with Crippen LogP contribution in [0.1, 0.15) is 32.0 Å². The van der Waals surface area contributed by atoms with Crippen LogP contribution in [0.2, 0.25) is 0 Å². The van der Waals surface area contributed by atoms with Crippen LogP contribution in [0.15, 0.2) is 18.3 Å². The first-order chi connectivity index (χ1) is 9.54. The van der Waals surface area contributed by atoms with Gasteiger partial charge in [0.1, 0.15) is 0 Å². The first-order valence-electron chi connectivity index (χ1n) is 7.47. The van der Waals surface area contributed by atoms with E-state index in [0.717, 1.165) is 38.3 Å². The summed E-state index contributed by atoms with van der Waals surface area (Å²) in [6, 6.07) is 4.04. The molecule has 0 unspecified atom stereocenters. The van der Waals surface area contributed by atoms with Gasteiger partial charge in [0, 0.05) is 38.1 Å². The predicted molar refractivity (Wildman–Crippen MR) is 80.8 cm³/mol. The van der Waals surface area contributed by atoms with Crippen LogP contribution < -0.4 is 5.32 Å². The molecule has 1 aromatic heterocycles. The summed E-state index contributed by atoms with van der Waals surface area (Å²) >= 11 is 0. The highest BCUT2D eigenvalue weighted by Crippen LogP contribution is 2.18. The van der Waals surface area contributed by atoms with Crippen LogP contribution in [0.4, 0.5) is 0 Å². The third-order valence-corrected chi connectivity index (χ3v) is 4.23. The molecule has 0 bridgehead atoms. The van der Waals surface area contributed by atoms with Gasteiger partial charge in [0.25, 0.3) is 0 Å². The Morgan fingerprint density at radius 2 is 2.05 bits per heavy atom. The van der Waals surface area contributed by atoms with E-state index in [9.17, 15) is 4.79 Å². The topological polar surface area (TPSA) is 45.2 Å². The summed E-state index contributed by atoms with van der Waals surface area (Å²) in [6.07, 6.45) is 3.27. The molecule has 4 heteroatoms. The summed E-state index contributed by atoms with van der Waals surface area (Å²) in [5.41, 5.74) is 1.67. The number of nitrogens with one attached hydrogen (secondary N) is 1. The third kappa shape index (κ3) is 3.44. The lowest BCUT2D eigenvalue weighted by Gasteiger charge is -2.40. The molecular formula is C16H25N3O. The van der Waals surface area contributed by atoms with Gasteiger partial charge in [0.15, 0.2) is 5.78 Å². The molecule has 1 aliphatic rings. The Kier molecular flexibility index (Phi) is 4.89. The van der Waals surface area contributed by atoms with Crippen molar-refractivity contribution in [1.29, 1.82) is 0 Å². The Morgan fingerprint density at radius 1 is 1.35 bits per heavy atom. The van der Waals surface area contributed by atoms with Gasteiger partial charge in [-0.25, -0.2) is 0 Å². The molecule has 1 aromatic rings. The number of Topliss-reactive ketones (excluding diaryl/α,β-unsaturated/α-hetero) is 1. The molecule has 2 heterocycles. The fourth-order valence-electron chi connectivity index (χ4n) is 2.55. The standard InChI is InChI=1S/C16H25N3O/c1-4-13-5-6-14(18-12-13)11-15(20)16(2,3)19-9-7-17-8-10-19/h5-6,12,17H,4,7-11H2,1-3H3. The number of hydrogen-bond donors (Lipinski definition) is 1. The molecule has 4 nitrogen and oxygen atoms in total. The Morgan fingerprint density at radius 3 is 2.60 bits per heavy atom. The average Bonchev–Trinajstić information content (AvgIpc) is 2.49. The fraction of sp³-hybridized carbons (Fsp3) is 0.625. The van der Waals surface area contributed by atoms with Crippen molar-refractivity contribution >= 4 is 5.78 Å². The van der Waals surface area contributed by atoms with Gasteiger partial charge in [-0.3, -0.25) is 14.7 Å². The van der Waals surface area contributed by atoms with Gasteiger partial charge in [-0.05, 0) is 31.9 Å². The van der Waals surface area contributed by atoms with Gasteiger partial charge in [-0.15, -0.1) is 0 Å². The molecule has 1 N–H and O–H groups in total. The SMILES string of the molecule is CCc1ccc(CC(=O)C(C)(C)N2CCNCC2)nc1. The number of piperazine rings is 1. The second-order valence-electron chi connectivity index (χ2n) is 5.91. The number of nitrogens with zero attached hydrogens (tertiary/aromatic N) is 2. The highest BCUT2D eigenvalue weighted by molar-refractivity contribution is 5.89. The highest BCUT2D eigenvalue weighted by atomic mass is 16.1. The number of hydrogen-bond acceptors (Lipinski definition) is 4. The molecule has 0 radical (unpaired) electrons. The summed E-state index contributed by atoms with van der Waals surface area (Å²) in [5, 5.41) is 3.32. The maximum Gasteiger partial charge on any atom is 0.158 e. The van der Waals surface area contributed by atoms with Gasteiger partial charge < -0.3 is 5.32 Å². The molecule has 1 fully saturated rings. The molecule has 1 saturated heterocycles. The minimum absolute atomic E-state index is 0.246. The molecule has 0 aliphatic carbocycles. The Bertz CT molecular complexity index is 447. The van der Waals surface area contributed by atoms with E-state index in [-0.39, 0.29) is 5.78 Å². The molecule has 0 aromatic carbocycles. The Labute approximate surface area is 121 Å². The van der Waals surface area contributed by atoms with E-state index < -0.39 is 5.54 Å². The molecule has 1 aliphatic heterocycles. The van der Waals surface area contributed by atoms with Crippen LogP contribution in [-0.4, -0.2) is 47.4 Å². The minimum atomic E-state index is -0.410. The van der Waals surface area contributed by atoms with Crippen molar-refractivity contribution < 1.29 is 4.79 Å². The van der Waals surface area contributed by atoms with Gasteiger partial charge in [0.05, 0.1) is 12.0 Å². The highest BCUT2D eigenvalue weighted by Gasteiger charge is 2.34. The third-order valence-electron chi connectivity index (χ3n) is 4.23. The zero-order valence-electron chi connectivity index (χ0n) is 12.8. The van der Waals surface area contributed by atoms with E-state index in [1.807, 2.05) is 26.1 Å². The fourth-order valence-corrected chi connectivity index (χ4v) is 2.55. The normalized spacial score (nSPS) is 17.1. The smallest absolute Gasteiger partial charge is 0.158 e. The summed E-state index contributed by atoms with van der Waals surface area (Å²) in [6.45, 7) is 9.94. The predicted octanol–water partition coefficient (Wildman–Crippen LogP) is 1.44. The molecular weight excluding hydrogens is 250 g/mol. The number of aromatic nitrogens is 1. The van der Waals surface area contributed by atoms with Crippen LogP contribution in [0.5, 0.6) is 0 Å². The molecule has 110 valence electrons. The molecule has 0 amide bonds. The number of carbonyl (C=O) groups excluding carboxylic acids is 1. The number of aryl methyl sites for hydroxylation is 1. The van der Waals surface area contributed by atoms with E-state index in [2.05, 4.69) is 28.2 Å². The minimum Gasteiger partial charge on any atom is -0.314 e. The van der Waals surface area contributed by atoms with Crippen molar-refractivity contribution in [2.75, 3.05) is 26.2 Å². The zero-order chi connectivity index (χ0) is 14.6. The molecule has 0 spiro atoms. The molecule has 0 saturated carbocycles. The first-order valence-corrected chi connectivity index (χ1v) is 7.47. The van der Waals surface area contributed by atoms with Crippen LogP contribution in [0, 0.1) is 0 Å². The Balaban J connectivity index is 2.01. The lowest BCUT2D eigenvalue weighted by Crippen LogP contribution is -2.57. The summed E-state index contributed by atoms with van der Waals surface area (Å²) in [7, 11) is 0. The quantitative estimate of drug-likeness (QED) is 0.883. The number of pyridine rings is 1. The van der Waals surface area contributed by atoms with E-state index in [4.69, 9.17) is 0 Å². The number of ketones is 1. The zero-order valence-corrected chi connectivity index (χ0v) is 12.8. The lowest BCUT2D eigenvalue weighted by molar-refractivity contribution is -0.129. The van der Waals surface area contributed by atoms with Crippen LogP contribution in [-0.2, 0) is 17.6 Å². The van der Waals surface area contributed by atoms with Gasteiger partial charge in [-0.1, -0.05) is 13.0 Å². The van der Waals surface area contributed by atoms with Crippen LogP contribution >= 0.6 is 0 Å². The second-order valence-corrected chi connectivity index (χ2v) is 5.91.